The minimum Gasteiger partial charge on any atom is -0.491 e. The molecular formula is C34H40N10O3. The van der Waals surface area contributed by atoms with E-state index in [-0.39, 0.29) is 12.6 Å². The van der Waals surface area contributed by atoms with Gasteiger partial charge in [-0.15, -0.1) is 0 Å². The van der Waals surface area contributed by atoms with Crippen LogP contribution in [0.15, 0.2) is 96.9 Å². The van der Waals surface area contributed by atoms with Crippen LogP contribution in [0.4, 0.5) is 17.1 Å². The number of ether oxygens (including phenoxy) is 3. The van der Waals surface area contributed by atoms with Gasteiger partial charge in [-0.1, -0.05) is 13.5 Å². The van der Waals surface area contributed by atoms with Crippen LogP contribution in [-0.4, -0.2) is 87.8 Å². The van der Waals surface area contributed by atoms with Gasteiger partial charge >= 0.3 is 0 Å². The first-order chi connectivity index (χ1) is 23.0. The molecule has 3 aliphatic heterocycles. The van der Waals surface area contributed by atoms with Crippen molar-refractivity contribution in [2.45, 2.75) is 44.7 Å². The predicted octanol–water partition coefficient (Wildman–Crippen LogP) is 4.08. The Labute approximate surface area is 274 Å². The fourth-order valence-corrected chi connectivity index (χ4v) is 6.02. The van der Waals surface area contributed by atoms with Crippen LogP contribution >= 0.6 is 0 Å². The number of anilines is 3. The summed E-state index contributed by atoms with van der Waals surface area (Å²) in [6, 6.07) is 19.0. The number of hydrogen-bond acceptors (Lipinski definition) is 12. The summed E-state index contributed by atoms with van der Waals surface area (Å²) in [4.78, 5) is 17.2. The molecule has 7 rings (SSSR count). The van der Waals surface area contributed by atoms with Gasteiger partial charge in [0.1, 0.15) is 37.2 Å². The Hall–Kier alpha value is -5.01. The van der Waals surface area contributed by atoms with E-state index in [1.807, 2.05) is 28.4 Å². The third-order valence-electron chi connectivity index (χ3n) is 8.83. The number of rotatable bonds is 11. The van der Waals surface area contributed by atoms with E-state index < -0.39 is 5.79 Å². The second-order valence-electron chi connectivity index (χ2n) is 11.9. The zero-order chi connectivity index (χ0) is 32.2. The number of aromatic nitrogens is 5. The van der Waals surface area contributed by atoms with E-state index in [0.717, 1.165) is 49.9 Å². The molecule has 0 saturated carbocycles. The largest absolute Gasteiger partial charge is 0.491 e. The van der Waals surface area contributed by atoms with Crippen LogP contribution in [0, 0.1) is 0 Å². The second-order valence-corrected chi connectivity index (χ2v) is 11.9. The molecule has 5 heterocycles. The van der Waals surface area contributed by atoms with Crippen LogP contribution in [0.5, 0.6) is 5.75 Å². The maximum atomic E-state index is 6.35. The van der Waals surface area contributed by atoms with Gasteiger partial charge in [-0.25, -0.2) is 15.0 Å². The maximum Gasteiger partial charge on any atom is 0.253 e. The molecule has 3 aliphatic rings. The van der Waals surface area contributed by atoms with Crippen molar-refractivity contribution in [3.8, 4) is 5.75 Å². The molecule has 4 aromatic rings. The minimum atomic E-state index is -1.19. The quantitative estimate of drug-likeness (QED) is 0.238. The van der Waals surface area contributed by atoms with Gasteiger partial charge in [0.2, 0.25) is 0 Å². The monoisotopic (exact) mass is 636 g/mol. The number of hydrazone groups is 1. The molecule has 3 unspecified atom stereocenters. The highest BCUT2D eigenvalue weighted by molar-refractivity contribution is 5.85. The van der Waals surface area contributed by atoms with E-state index in [2.05, 4.69) is 91.9 Å². The van der Waals surface area contributed by atoms with Crippen LogP contribution in [0.1, 0.15) is 26.1 Å². The Morgan fingerprint density at radius 2 is 1.51 bits per heavy atom. The summed E-state index contributed by atoms with van der Waals surface area (Å²) in [5, 5.41) is 14.9. The SMILES string of the molecule is C=C1N(c2ccc(N3CCN(c4ccc(OCC5COC(Cn6nccn6)(c6ncccn6)O5)cc4)CC3)cc2)C=NN1C(C)CC. The van der Waals surface area contributed by atoms with E-state index in [1.165, 1.54) is 16.2 Å². The van der Waals surface area contributed by atoms with E-state index in [4.69, 9.17) is 14.2 Å². The van der Waals surface area contributed by atoms with Crippen molar-refractivity contribution in [3.63, 3.8) is 0 Å². The van der Waals surface area contributed by atoms with Crippen LogP contribution in [-0.2, 0) is 21.8 Å². The van der Waals surface area contributed by atoms with Gasteiger partial charge < -0.3 is 24.0 Å². The normalized spacial score (nSPS) is 21.9. The van der Waals surface area contributed by atoms with Gasteiger partial charge in [-0.05, 0) is 67.9 Å². The molecule has 2 aromatic carbocycles. The molecule has 2 fully saturated rings. The fourth-order valence-electron chi connectivity index (χ4n) is 6.02. The van der Waals surface area contributed by atoms with Crippen molar-refractivity contribution in [3.05, 3.63) is 97.6 Å². The summed E-state index contributed by atoms with van der Waals surface area (Å²) >= 11 is 0. The third kappa shape index (κ3) is 6.49. The predicted molar refractivity (Wildman–Crippen MR) is 179 cm³/mol. The Morgan fingerprint density at radius 1 is 0.894 bits per heavy atom. The molecule has 0 N–H and O–H groups in total. The first-order valence-electron chi connectivity index (χ1n) is 16.1. The number of piperazine rings is 1. The fraction of sp³-hybridized carbons (Fsp3) is 0.382. The van der Waals surface area contributed by atoms with Gasteiger partial charge in [0, 0.05) is 55.6 Å². The molecule has 3 atom stereocenters. The highest BCUT2D eigenvalue weighted by Gasteiger charge is 2.47. The first kappa shape index (κ1) is 30.6. The van der Waals surface area contributed by atoms with Gasteiger partial charge in [-0.2, -0.15) is 20.1 Å². The zero-order valence-electron chi connectivity index (χ0n) is 26.8. The van der Waals surface area contributed by atoms with Crippen molar-refractivity contribution in [2.75, 3.05) is 54.1 Å². The van der Waals surface area contributed by atoms with Crippen LogP contribution in [0.2, 0.25) is 0 Å². The van der Waals surface area contributed by atoms with Crippen molar-refractivity contribution >= 4 is 23.4 Å². The van der Waals surface area contributed by atoms with Gasteiger partial charge in [-0.3, -0.25) is 4.90 Å². The lowest BCUT2D eigenvalue weighted by molar-refractivity contribution is -0.198. The maximum absolute atomic E-state index is 6.35. The first-order valence-corrected chi connectivity index (χ1v) is 16.1. The standard InChI is InChI=1S/C34H40N10O3/c1-4-26(2)44-27(3)42(25-39-44)30-8-6-28(7-9-30)40-18-20-41(21-19-40)29-10-12-31(13-11-29)45-22-32-23-46-34(47-32,24-43-37-16-17-38-43)33-35-14-5-15-36-33/h5-17,25-26,32H,3-4,18-24H2,1-2H3. The van der Waals surface area contributed by atoms with Crippen LogP contribution in [0.25, 0.3) is 0 Å². The lowest BCUT2D eigenvalue weighted by Gasteiger charge is -2.37. The highest BCUT2D eigenvalue weighted by atomic mass is 16.8. The van der Waals surface area contributed by atoms with E-state index in [1.54, 1.807) is 30.9 Å². The molecule has 13 nitrogen and oxygen atoms in total. The third-order valence-corrected chi connectivity index (χ3v) is 8.83. The Morgan fingerprint density at radius 3 is 2.15 bits per heavy atom. The molecule has 244 valence electrons. The number of hydrogen-bond donors (Lipinski definition) is 0. The molecule has 2 saturated heterocycles. The van der Waals surface area contributed by atoms with Gasteiger partial charge in [0.15, 0.2) is 5.82 Å². The van der Waals surface area contributed by atoms with E-state index >= 15 is 0 Å². The molecular weight excluding hydrogens is 596 g/mol. The molecule has 13 heteroatoms. The van der Waals surface area contributed by atoms with Gasteiger partial charge in [0.05, 0.1) is 25.0 Å². The van der Waals surface area contributed by atoms with Crippen molar-refractivity contribution < 1.29 is 14.2 Å². The molecule has 0 spiro atoms. The minimum absolute atomic E-state index is 0.231. The van der Waals surface area contributed by atoms with Gasteiger partial charge in [0.25, 0.3) is 5.79 Å². The number of nitrogens with zero attached hydrogens (tertiary/aromatic N) is 10. The smallest absolute Gasteiger partial charge is 0.253 e. The second kappa shape index (κ2) is 13.4. The Bertz CT molecular complexity index is 1640. The summed E-state index contributed by atoms with van der Waals surface area (Å²) < 4.78 is 18.6. The molecule has 0 bridgehead atoms. The van der Waals surface area contributed by atoms with E-state index in [0.29, 0.717) is 25.1 Å². The zero-order valence-corrected chi connectivity index (χ0v) is 26.8. The van der Waals surface area contributed by atoms with Crippen molar-refractivity contribution in [2.24, 2.45) is 5.10 Å². The van der Waals surface area contributed by atoms with Crippen LogP contribution in [0.3, 0.4) is 0 Å². The summed E-state index contributed by atoms with van der Waals surface area (Å²) in [5.41, 5.74) is 3.47. The lowest BCUT2D eigenvalue weighted by atomic mass is 10.2. The molecule has 0 radical (unpaired) electrons. The summed E-state index contributed by atoms with van der Waals surface area (Å²) in [5.74, 6) is 0.904. The number of benzene rings is 2. The van der Waals surface area contributed by atoms with Crippen molar-refractivity contribution in [1.29, 1.82) is 0 Å². The van der Waals surface area contributed by atoms with Crippen LogP contribution < -0.4 is 19.4 Å². The summed E-state index contributed by atoms with van der Waals surface area (Å²) in [6.45, 7) is 13.2. The topological polar surface area (TPSA) is 110 Å². The lowest BCUT2D eigenvalue weighted by Crippen LogP contribution is -2.46. The molecule has 0 aliphatic carbocycles. The summed E-state index contributed by atoms with van der Waals surface area (Å²) in [7, 11) is 0. The summed E-state index contributed by atoms with van der Waals surface area (Å²) in [6.07, 6.45) is 9.11. The molecule has 47 heavy (non-hydrogen) atoms. The Balaban J connectivity index is 0.898. The average Bonchev–Trinajstić information content (AvgIpc) is 3.89. The molecule has 0 amide bonds. The highest BCUT2D eigenvalue weighted by Crippen LogP contribution is 2.34. The van der Waals surface area contributed by atoms with Crippen molar-refractivity contribution in [1.82, 2.24) is 30.0 Å². The Kier molecular flexibility index (Phi) is 8.72. The average molecular weight is 637 g/mol. The van der Waals surface area contributed by atoms with E-state index in [9.17, 15) is 0 Å². The molecule has 2 aromatic heterocycles.